The Morgan fingerprint density at radius 1 is 1.19 bits per heavy atom. The Labute approximate surface area is 140 Å². The molecule has 1 aromatic rings. The van der Waals surface area contributed by atoms with Gasteiger partial charge in [-0.25, -0.2) is 0 Å². The zero-order valence-electron chi connectivity index (χ0n) is 12.2. The minimum absolute atomic E-state index is 0.118. The molecule has 0 bridgehead atoms. The van der Waals surface area contributed by atoms with Crippen molar-refractivity contribution in [2.24, 2.45) is 0 Å². The summed E-state index contributed by atoms with van der Waals surface area (Å²) in [7, 11) is 1.45. The first-order valence-electron chi connectivity index (χ1n) is 7.23. The lowest BCUT2D eigenvalue weighted by atomic mass is 10.00. The number of methoxy groups -OCH3 is 1. The standard InChI is InChI=1S/C16H21ClO2S2/c1-19-16(18)11-21-15-5-3-2-4-14(15)20-10-12-6-8-13(17)9-7-12/h6-9,14-15H,2-5,10-11H2,1H3/t14-,15-/m1/s1. The van der Waals surface area contributed by atoms with E-state index in [-0.39, 0.29) is 5.97 Å². The molecule has 0 aromatic heterocycles. The number of thioether (sulfide) groups is 2. The number of rotatable bonds is 6. The molecule has 0 saturated heterocycles. The second-order valence-corrected chi connectivity index (χ2v) is 8.08. The molecule has 0 radical (unpaired) electrons. The fraction of sp³-hybridized carbons (Fsp3) is 0.562. The van der Waals surface area contributed by atoms with Gasteiger partial charge < -0.3 is 4.74 Å². The summed E-state index contributed by atoms with van der Waals surface area (Å²) >= 11 is 9.68. The number of hydrogen-bond acceptors (Lipinski definition) is 4. The summed E-state index contributed by atoms with van der Waals surface area (Å²) in [6.45, 7) is 0. The van der Waals surface area contributed by atoms with Gasteiger partial charge in [0.2, 0.25) is 0 Å². The summed E-state index contributed by atoms with van der Waals surface area (Å²) in [6.07, 6.45) is 5.03. The van der Waals surface area contributed by atoms with E-state index in [9.17, 15) is 4.79 Å². The summed E-state index contributed by atoms with van der Waals surface area (Å²) in [6, 6.07) is 8.08. The van der Waals surface area contributed by atoms with E-state index in [1.165, 1.54) is 38.4 Å². The molecule has 2 nitrogen and oxygen atoms in total. The molecule has 0 unspecified atom stereocenters. The monoisotopic (exact) mass is 344 g/mol. The highest BCUT2D eigenvalue weighted by molar-refractivity contribution is 8.03. The first-order valence-corrected chi connectivity index (χ1v) is 9.71. The van der Waals surface area contributed by atoms with Crippen molar-refractivity contribution in [3.05, 3.63) is 34.9 Å². The third-order valence-corrected chi connectivity index (χ3v) is 6.97. The van der Waals surface area contributed by atoms with Crippen molar-refractivity contribution in [1.29, 1.82) is 0 Å². The number of carbonyl (C=O) groups is 1. The maximum atomic E-state index is 11.3. The molecule has 116 valence electrons. The molecule has 2 atom stereocenters. The number of carbonyl (C=O) groups excluding carboxylic acids is 1. The molecule has 1 aromatic carbocycles. The van der Waals surface area contributed by atoms with Crippen molar-refractivity contribution in [3.63, 3.8) is 0 Å². The Balaban J connectivity index is 1.83. The van der Waals surface area contributed by atoms with Gasteiger partial charge in [-0.3, -0.25) is 4.79 Å². The fourth-order valence-corrected chi connectivity index (χ4v) is 5.49. The Kier molecular flexibility index (Phi) is 7.27. The quantitative estimate of drug-likeness (QED) is 0.693. The highest BCUT2D eigenvalue weighted by Gasteiger charge is 2.26. The van der Waals surface area contributed by atoms with Crippen LogP contribution in [-0.2, 0) is 15.3 Å². The van der Waals surface area contributed by atoms with Gasteiger partial charge >= 0.3 is 5.97 Å². The first-order chi connectivity index (χ1) is 10.2. The Morgan fingerprint density at radius 3 is 2.43 bits per heavy atom. The Hall–Kier alpha value is -0.320. The number of halogens is 1. The molecule has 0 spiro atoms. The van der Waals surface area contributed by atoms with E-state index >= 15 is 0 Å². The molecule has 0 aliphatic heterocycles. The number of benzene rings is 1. The molecule has 1 saturated carbocycles. The molecule has 1 aliphatic carbocycles. The van der Waals surface area contributed by atoms with E-state index in [2.05, 4.69) is 12.1 Å². The number of ether oxygens (including phenoxy) is 1. The third-order valence-electron chi connectivity index (χ3n) is 3.66. The molecule has 5 heteroatoms. The maximum absolute atomic E-state index is 11.3. The normalized spacial score (nSPS) is 22.0. The van der Waals surface area contributed by atoms with Crippen LogP contribution in [0, 0.1) is 0 Å². The highest BCUT2D eigenvalue weighted by Crippen LogP contribution is 2.37. The highest BCUT2D eigenvalue weighted by atomic mass is 35.5. The predicted molar refractivity (Wildman–Crippen MR) is 93.3 cm³/mol. The fourth-order valence-electron chi connectivity index (χ4n) is 2.46. The summed E-state index contributed by atoms with van der Waals surface area (Å²) in [4.78, 5) is 11.3. The third kappa shape index (κ3) is 5.76. The average molecular weight is 345 g/mol. The van der Waals surface area contributed by atoms with Crippen molar-refractivity contribution >= 4 is 41.1 Å². The molecule has 1 aliphatic rings. The van der Waals surface area contributed by atoms with Gasteiger partial charge in [-0.15, -0.1) is 11.8 Å². The van der Waals surface area contributed by atoms with E-state index < -0.39 is 0 Å². The molecular formula is C16H21ClO2S2. The van der Waals surface area contributed by atoms with Gasteiger partial charge in [0.1, 0.15) is 0 Å². The van der Waals surface area contributed by atoms with Crippen molar-refractivity contribution in [2.75, 3.05) is 12.9 Å². The van der Waals surface area contributed by atoms with E-state index in [0.29, 0.717) is 16.3 Å². The van der Waals surface area contributed by atoms with E-state index in [1.807, 2.05) is 23.9 Å². The van der Waals surface area contributed by atoms with Crippen LogP contribution in [-0.4, -0.2) is 29.3 Å². The van der Waals surface area contributed by atoms with Crippen LogP contribution in [0.1, 0.15) is 31.2 Å². The second kappa shape index (κ2) is 8.96. The smallest absolute Gasteiger partial charge is 0.315 e. The lowest BCUT2D eigenvalue weighted by Gasteiger charge is -2.30. The minimum Gasteiger partial charge on any atom is -0.468 e. The van der Waals surface area contributed by atoms with Crippen LogP contribution < -0.4 is 0 Å². The molecule has 0 amide bonds. The van der Waals surface area contributed by atoms with Crippen LogP contribution in [0.3, 0.4) is 0 Å². The zero-order chi connectivity index (χ0) is 15.1. The lowest BCUT2D eigenvalue weighted by Crippen LogP contribution is -2.26. The number of hydrogen-bond donors (Lipinski definition) is 0. The van der Waals surface area contributed by atoms with Crippen LogP contribution in [0.25, 0.3) is 0 Å². The van der Waals surface area contributed by atoms with Crippen molar-refractivity contribution < 1.29 is 9.53 Å². The van der Waals surface area contributed by atoms with E-state index in [1.54, 1.807) is 11.8 Å². The van der Waals surface area contributed by atoms with Gasteiger partial charge in [-0.1, -0.05) is 36.6 Å². The summed E-state index contributed by atoms with van der Waals surface area (Å²) in [5, 5.41) is 1.98. The first kappa shape index (κ1) is 17.0. The molecule has 0 N–H and O–H groups in total. The van der Waals surface area contributed by atoms with Gasteiger partial charge in [0.15, 0.2) is 0 Å². The van der Waals surface area contributed by atoms with Gasteiger partial charge in [0.05, 0.1) is 12.9 Å². The molecule has 21 heavy (non-hydrogen) atoms. The van der Waals surface area contributed by atoms with Gasteiger partial charge in [-0.2, -0.15) is 11.8 Å². The Bertz CT molecular complexity index is 450. The van der Waals surface area contributed by atoms with E-state index in [4.69, 9.17) is 16.3 Å². The average Bonchev–Trinajstić information content (AvgIpc) is 2.52. The lowest BCUT2D eigenvalue weighted by molar-refractivity contribution is -0.137. The molecule has 1 fully saturated rings. The van der Waals surface area contributed by atoms with Crippen LogP contribution in [0.15, 0.2) is 24.3 Å². The van der Waals surface area contributed by atoms with Crippen LogP contribution >= 0.6 is 35.1 Å². The van der Waals surface area contributed by atoms with Gasteiger partial charge in [-0.05, 0) is 30.5 Å². The topological polar surface area (TPSA) is 26.3 Å². The summed E-state index contributed by atoms with van der Waals surface area (Å²) in [5.74, 6) is 1.36. The number of esters is 1. The van der Waals surface area contributed by atoms with E-state index in [0.717, 1.165) is 10.8 Å². The molecular weight excluding hydrogens is 324 g/mol. The second-order valence-electron chi connectivity index (χ2n) is 5.19. The van der Waals surface area contributed by atoms with Crippen LogP contribution in [0.5, 0.6) is 0 Å². The van der Waals surface area contributed by atoms with Crippen LogP contribution in [0.2, 0.25) is 5.02 Å². The van der Waals surface area contributed by atoms with Crippen molar-refractivity contribution in [3.8, 4) is 0 Å². The minimum atomic E-state index is -0.118. The summed E-state index contributed by atoms with van der Waals surface area (Å²) in [5.41, 5.74) is 1.31. The van der Waals surface area contributed by atoms with Crippen molar-refractivity contribution in [1.82, 2.24) is 0 Å². The van der Waals surface area contributed by atoms with Crippen molar-refractivity contribution in [2.45, 2.75) is 41.9 Å². The zero-order valence-corrected chi connectivity index (χ0v) is 14.6. The largest absolute Gasteiger partial charge is 0.468 e. The Morgan fingerprint density at radius 2 is 1.81 bits per heavy atom. The van der Waals surface area contributed by atoms with Gasteiger partial charge in [0.25, 0.3) is 0 Å². The SMILES string of the molecule is COC(=O)CS[C@@H]1CCCC[C@H]1SCc1ccc(Cl)cc1. The summed E-state index contributed by atoms with van der Waals surface area (Å²) < 4.78 is 4.74. The van der Waals surface area contributed by atoms with Crippen LogP contribution in [0.4, 0.5) is 0 Å². The maximum Gasteiger partial charge on any atom is 0.315 e. The van der Waals surface area contributed by atoms with Gasteiger partial charge in [0, 0.05) is 21.3 Å². The predicted octanol–water partition coefficient (Wildman–Crippen LogP) is 4.79. The molecule has 2 rings (SSSR count). The molecule has 0 heterocycles.